The number of aromatic amines is 2. The van der Waals surface area contributed by atoms with Gasteiger partial charge in [0.2, 0.25) is 0 Å². The van der Waals surface area contributed by atoms with E-state index in [0.717, 1.165) is 99.3 Å². The Morgan fingerprint density at radius 1 is 0.723 bits per heavy atom. The van der Waals surface area contributed by atoms with Crippen LogP contribution in [0.2, 0.25) is 0 Å². The van der Waals surface area contributed by atoms with Crippen molar-refractivity contribution in [1.29, 1.82) is 0 Å². The number of H-pyrrole nitrogens is 2. The summed E-state index contributed by atoms with van der Waals surface area (Å²) in [4.78, 5) is 34.5. The molecule has 2 aromatic rings. The second-order valence-corrected chi connectivity index (χ2v) is 21.2. The van der Waals surface area contributed by atoms with Crippen molar-refractivity contribution in [1.82, 2.24) is 20.6 Å². The van der Waals surface area contributed by atoms with E-state index in [4.69, 9.17) is 9.47 Å². The van der Waals surface area contributed by atoms with Gasteiger partial charge in [-0.05, 0) is 93.1 Å². The molecule has 1 aliphatic carbocycles. The number of hydrogen-bond donors (Lipinski definition) is 6. The monoisotopic (exact) mass is 897 g/mol. The van der Waals surface area contributed by atoms with Gasteiger partial charge in [-0.15, -0.1) is 0 Å². The van der Waals surface area contributed by atoms with E-state index in [1.807, 2.05) is 13.8 Å². The summed E-state index contributed by atoms with van der Waals surface area (Å²) in [6.07, 6.45) is 18.7. The lowest BCUT2D eigenvalue weighted by molar-refractivity contribution is -0.146. The van der Waals surface area contributed by atoms with Gasteiger partial charge >= 0.3 is 11.9 Å². The van der Waals surface area contributed by atoms with Crippen molar-refractivity contribution < 1.29 is 29.3 Å². The van der Waals surface area contributed by atoms with Crippen LogP contribution in [-0.2, 0) is 19.1 Å². The second-order valence-electron chi connectivity index (χ2n) is 21.2. The lowest BCUT2D eigenvalue weighted by Gasteiger charge is -2.21. The summed E-state index contributed by atoms with van der Waals surface area (Å²) < 4.78 is 11.3. The third-order valence-corrected chi connectivity index (χ3v) is 15.7. The molecule has 10 atom stereocenters. The summed E-state index contributed by atoms with van der Waals surface area (Å²) in [7, 11) is 1.36. The first kappa shape index (κ1) is 50.4. The number of methoxy groups -OCH3 is 1. The van der Waals surface area contributed by atoms with Gasteiger partial charge in [-0.3, -0.25) is 9.59 Å². The van der Waals surface area contributed by atoms with Gasteiger partial charge in [-0.2, -0.15) is 0 Å². The number of carbonyl (C=O) groups excluding carboxylic acids is 2. The number of hydrogen-bond acceptors (Lipinski definition) is 8. The number of aromatic nitrogens is 2. The first-order chi connectivity index (χ1) is 30.9. The number of allylic oxidation sites excluding steroid dienone is 4. The predicted octanol–water partition coefficient (Wildman–Crippen LogP) is 12.2. The van der Waals surface area contributed by atoms with Gasteiger partial charge in [0.05, 0.1) is 31.6 Å². The highest BCUT2D eigenvalue weighted by atomic mass is 16.5. The van der Waals surface area contributed by atoms with Crippen LogP contribution in [0.4, 0.5) is 0 Å². The van der Waals surface area contributed by atoms with E-state index in [1.54, 1.807) is 6.92 Å². The normalized spacial score (nSPS) is 27.8. The Kier molecular flexibility index (Phi) is 17.2. The maximum atomic E-state index is 13.7. The van der Waals surface area contributed by atoms with Crippen molar-refractivity contribution in [2.45, 2.75) is 172 Å². The van der Waals surface area contributed by atoms with Crippen LogP contribution < -0.4 is 10.6 Å². The molecule has 2 unspecified atom stereocenters. The lowest BCUT2D eigenvalue weighted by atomic mass is 9.84. The Balaban J connectivity index is 1.19. The number of nitrogens with one attached hydrogen (secondary N) is 4. The largest absolute Gasteiger partial charge is 0.468 e. The Morgan fingerprint density at radius 2 is 1.28 bits per heavy atom. The molecule has 6 rings (SSSR count). The van der Waals surface area contributed by atoms with Gasteiger partial charge < -0.3 is 40.3 Å². The Labute approximate surface area is 391 Å². The highest BCUT2D eigenvalue weighted by Gasteiger charge is 2.49. The summed E-state index contributed by atoms with van der Waals surface area (Å²) in [5, 5.41) is 30.6. The van der Waals surface area contributed by atoms with Crippen LogP contribution in [0.15, 0.2) is 22.8 Å². The zero-order chi connectivity index (χ0) is 47.3. The quantitative estimate of drug-likeness (QED) is 0.0679. The average molecular weight is 897 g/mol. The van der Waals surface area contributed by atoms with Gasteiger partial charge in [0.25, 0.3) is 0 Å². The Morgan fingerprint density at radius 3 is 1.88 bits per heavy atom. The van der Waals surface area contributed by atoms with Gasteiger partial charge in [0, 0.05) is 86.7 Å². The molecule has 2 saturated heterocycles. The number of ether oxygens (including phenoxy) is 2. The predicted molar refractivity (Wildman–Crippen MR) is 264 cm³/mol. The number of carbonyl (C=O) groups is 2. The molecule has 2 fully saturated rings. The molecule has 3 aliphatic heterocycles. The molecule has 0 saturated carbocycles. The first-order valence-corrected chi connectivity index (χ1v) is 25.4. The molecule has 0 amide bonds. The smallest absolute Gasteiger partial charge is 0.316 e. The molecule has 65 heavy (non-hydrogen) atoms. The molecular formula is C55H84N4O6. The van der Waals surface area contributed by atoms with Crippen molar-refractivity contribution in [2.24, 2.45) is 53.3 Å². The highest BCUT2D eigenvalue weighted by Crippen LogP contribution is 2.53. The van der Waals surface area contributed by atoms with Crippen LogP contribution in [-0.4, -0.2) is 45.8 Å². The molecule has 6 N–H and O–H groups in total. The lowest BCUT2D eigenvalue weighted by Crippen LogP contribution is -2.24. The molecule has 0 spiro atoms. The van der Waals surface area contributed by atoms with Gasteiger partial charge in [-0.25, -0.2) is 0 Å². The molecule has 10 nitrogen and oxygen atoms in total. The van der Waals surface area contributed by atoms with E-state index < -0.39 is 24.1 Å². The third-order valence-electron chi connectivity index (χ3n) is 15.7. The summed E-state index contributed by atoms with van der Waals surface area (Å²) in [6.45, 7) is 24.6. The molecule has 5 heterocycles. The summed E-state index contributed by atoms with van der Waals surface area (Å²) in [6, 6.07) is 0. The molecular weight excluding hydrogens is 813 g/mol. The number of fused-ring (bicyclic) bond motifs is 7. The first-order valence-electron chi connectivity index (χ1n) is 25.4. The van der Waals surface area contributed by atoms with Crippen molar-refractivity contribution in [3.63, 3.8) is 0 Å². The van der Waals surface area contributed by atoms with Crippen LogP contribution in [0, 0.1) is 67.1 Å². The van der Waals surface area contributed by atoms with Crippen molar-refractivity contribution >= 4 is 35.7 Å². The highest BCUT2D eigenvalue weighted by molar-refractivity contribution is 5.95. The van der Waals surface area contributed by atoms with Crippen LogP contribution in [0.3, 0.4) is 0 Å². The molecule has 360 valence electrons. The minimum atomic E-state index is -1.11. The van der Waals surface area contributed by atoms with Gasteiger partial charge in [0.15, 0.2) is 0 Å². The number of esters is 2. The van der Waals surface area contributed by atoms with E-state index >= 15 is 0 Å². The zero-order valence-electron chi connectivity index (χ0n) is 42.0. The molecule has 2 aromatic heterocycles. The average Bonchev–Trinajstić information content (AvgIpc) is 4.00. The van der Waals surface area contributed by atoms with E-state index in [1.165, 1.54) is 58.5 Å². The van der Waals surface area contributed by atoms with Crippen LogP contribution in [0.1, 0.15) is 203 Å². The topological polar surface area (TPSA) is 149 Å². The maximum Gasteiger partial charge on any atom is 0.316 e. The minimum absolute atomic E-state index is 0.0823. The van der Waals surface area contributed by atoms with Crippen LogP contribution in [0.5, 0.6) is 0 Å². The van der Waals surface area contributed by atoms with Gasteiger partial charge in [0.1, 0.15) is 5.92 Å². The number of rotatable bonds is 21. The fourth-order valence-corrected chi connectivity index (χ4v) is 11.5. The fourth-order valence-electron chi connectivity index (χ4n) is 11.5. The summed E-state index contributed by atoms with van der Waals surface area (Å²) in [5.74, 6) is 1.33. The van der Waals surface area contributed by atoms with Crippen molar-refractivity contribution in [3.8, 4) is 0 Å². The van der Waals surface area contributed by atoms with E-state index in [9.17, 15) is 19.8 Å². The van der Waals surface area contributed by atoms with Gasteiger partial charge in [-0.1, -0.05) is 113 Å². The molecule has 10 heteroatoms. The van der Waals surface area contributed by atoms with Crippen molar-refractivity contribution in [2.75, 3.05) is 13.7 Å². The molecule has 0 radical (unpaired) electrons. The Bertz CT molecular complexity index is 2120. The zero-order valence-corrected chi connectivity index (χ0v) is 42.0. The van der Waals surface area contributed by atoms with E-state index in [0.29, 0.717) is 30.1 Å². The third kappa shape index (κ3) is 11.4. The van der Waals surface area contributed by atoms with E-state index in [-0.39, 0.29) is 36.1 Å². The maximum absolute atomic E-state index is 13.7. The SMILES string of the molecule is CC[C@H]1/C2=C/c3[nH]c4c(c3C)[C@H](O)[C@H](C(=O)OC)/C4=C3/N/C(=C\c4[nH]c(c(C(C)O)c4C)/C=C(\N2)[C@@H]1C)[C@@H](C)[C@@H]3CCC(=O)OCCC(C)CCC[C@H](C)CCC[C@H](C)CCCC(C)C. The van der Waals surface area contributed by atoms with Crippen molar-refractivity contribution in [3.05, 3.63) is 67.8 Å². The van der Waals surface area contributed by atoms with E-state index in [2.05, 4.69) is 94.2 Å². The molecule has 0 aromatic carbocycles. The number of aliphatic hydroxyl groups excluding tert-OH is 2. The summed E-state index contributed by atoms with van der Waals surface area (Å²) >= 11 is 0. The second kappa shape index (κ2) is 22.2. The number of aliphatic hydroxyl groups is 2. The molecule has 8 bridgehead atoms. The standard InChI is InChI=1S/C55H84N4O6/c1-13-39-34(7)41-29-46-48(38(11)60)36(9)43(57-46)27-42-35(8)40(52(58-42)50-51(55(63)64-12)54(62)49-37(10)44(59-53(49)50)28-45(39)56-41)23-24-47(61)65-26-25-33(6)22-16-21-32(5)20-15-19-31(4)18-14-17-30(2)3/h27-35,38-40,51,54,56-60,62H,13-26H2,1-12H3/b41-29-,42-27-,45-28-,52-50-/t31-,32-,33?,34-,35+,38?,39-,40+,51-,54+/m1/s1. The minimum Gasteiger partial charge on any atom is -0.468 e. The molecule has 4 aliphatic rings. The fraction of sp³-hybridized carbons (Fsp3) is 0.673. The summed E-state index contributed by atoms with van der Waals surface area (Å²) in [5.41, 5.74) is 11.3. The van der Waals surface area contributed by atoms with Crippen LogP contribution >= 0.6 is 0 Å². The Hall–Kier alpha value is -4.02. The van der Waals surface area contributed by atoms with Crippen LogP contribution in [0.25, 0.3) is 23.8 Å².